The summed E-state index contributed by atoms with van der Waals surface area (Å²) in [6.07, 6.45) is 0. The average molecular weight is 247 g/mol. The van der Waals surface area contributed by atoms with Gasteiger partial charge in [-0.05, 0) is 28.8 Å². The number of hydrogen-bond acceptors (Lipinski definition) is 1. The molecule has 0 fully saturated rings. The summed E-state index contributed by atoms with van der Waals surface area (Å²) in [6.45, 7) is 0. The van der Waals surface area contributed by atoms with Crippen molar-refractivity contribution in [1.29, 1.82) is 0 Å². The standard InChI is InChI=1S/C18H14O/c19-18-12-5-4-11-17(18)16-10-6-9-15(13-16)14-7-2-1-3-8-14/h1-13,19H/i12D. The molecule has 0 amide bonds. The molecule has 0 saturated heterocycles. The van der Waals surface area contributed by atoms with Gasteiger partial charge in [-0.15, -0.1) is 0 Å². The van der Waals surface area contributed by atoms with E-state index in [1.165, 1.54) is 0 Å². The van der Waals surface area contributed by atoms with Gasteiger partial charge in [-0.1, -0.05) is 66.7 Å². The Balaban J connectivity index is 2.10. The van der Waals surface area contributed by atoms with E-state index in [9.17, 15) is 5.11 Å². The highest BCUT2D eigenvalue weighted by Crippen LogP contribution is 2.31. The molecule has 3 aromatic carbocycles. The summed E-state index contributed by atoms with van der Waals surface area (Å²) >= 11 is 0. The molecule has 0 heterocycles. The first-order chi connectivity index (χ1) is 9.75. The van der Waals surface area contributed by atoms with Gasteiger partial charge in [0.15, 0.2) is 0 Å². The zero-order chi connectivity index (χ0) is 13.9. The molecule has 1 heteroatoms. The lowest BCUT2D eigenvalue weighted by Gasteiger charge is -2.07. The Kier molecular flexibility index (Phi) is 2.73. The smallest absolute Gasteiger partial charge is 0.123 e. The minimum Gasteiger partial charge on any atom is -0.507 e. The molecule has 0 spiro atoms. The van der Waals surface area contributed by atoms with Crippen LogP contribution >= 0.6 is 0 Å². The minimum absolute atomic E-state index is 0.0257. The lowest BCUT2D eigenvalue weighted by Crippen LogP contribution is -1.81. The number of phenols is 1. The lowest BCUT2D eigenvalue weighted by molar-refractivity contribution is 0.477. The number of rotatable bonds is 2. The van der Waals surface area contributed by atoms with Crippen LogP contribution < -0.4 is 0 Å². The van der Waals surface area contributed by atoms with Crippen LogP contribution in [0.5, 0.6) is 5.75 Å². The Morgan fingerprint density at radius 3 is 2.21 bits per heavy atom. The van der Waals surface area contributed by atoms with Crippen molar-refractivity contribution in [3.05, 3.63) is 78.8 Å². The summed E-state index contributed by atoms with van der Waals surface area (Å²) in [7, 11) is 0. The fraction of sp³-hybridized carbons (Fsp3) is 0. The molecule has 19 heavy (non-hydrogen) atoms. The third-order valence-corrected chi connectivity index (χ3v) is 3.11. The van der Waals surface area contributed by atoms with Gasteiger partial charge in [0.1, 0.15) is 5.75 Å². The summed E-state index contributed by atoms with van der Waals surface area (Å²) in [5, 5.41) is 10.0. The maximum Gasteiger partial charge on any atom is 0.123 e. The molecular formula is C18H14O. The molecule has 0 aliphatic carbocycles. The van der Waals surface area contributed by atoms with Gasteiger partial charge in [-0.2, -0.15) is 0 Å². The molecule has 1 N–H and O–H groups in total. The van der Waals surface area contributed by atoms with Crippen molar-refractivity contribution in [2.24, 2.45) is 0 Å². The number of aromatic hydroxyl groups is 1. The van der Waals surface area contributed by atoms with Crippen LogP contribution in [0.2, 0.25) is 0 Å². The van der Waals surface area contributed by atoms with E-state index < -0.39 is 0 Å². The van der Waals surface area contributed by atoms with Gasteiger partial charge in [0.25, 0.3) is 0 Å². The van der Waals surface area contributed by atoms with Crippen LogP contribution in [0, 0.1) is 0 Å². The SMILES string of the molecule is [2H]c1cccc(-c2cccc(-c3ccccc3)c2)c1O. The summed E-state index contributed by atoms with van der Waals surface area (Å²) in [4.78, 5) is 0. The fourth-order valence-corrected chi connectivity index (χ4v) is 2.16. The molecule has 0 unspecified atom stereocenters. The third kappa shape index (κ3) is 2.36. The van der Waals surface area contributed by atoms with Gasteiger partial charge >= 0.3 is 0 Å². The van der Waals surface area contributed by atoms with Gasteiger partial charge in [0, 0.05) is 5.56 Å². The second-order valence-corrected chi connectivity index (χ2v) is 4.38. The molecule has 92 valence electrons. The van der Waals surface area contributed by atoms with E-state index in [-0.39, 0.29) is 11.8 Å². The number of para-hydroxylation sites is 1. The van der Waals surface area contributed by atoms with Crippen LogP contribution in [-0.4, -0.2) is 5.11 Å². The quantitative estimate of drug-likeness (QED) is 0.694. The van der Waals surface area contributed by atoms with Crippen molar-refractivity contribution in [2.45, 2.75) is 0 Å². The van der Waals surface area contributed by atoms with Crippen LogP contribution in [0.4, 0.5) is 0 Å². The van der Waals surface area contributed by atoms with Crippen LogP contribution in [0.1, 0.15) is 1.37 Å². The highest BCUT2D eigenvalue weighted by atomic mass is 16.3. The molecule has 0 bridgehead atoms. The second-order valence-electron chi connectivity index (χ2n) is 4.38. The van der Waals surface area contributed by atoms with E-state index in [1.807, 2.05) is 48.5 Å². The van der Waals surface area contributed by atoms with Gasteiger partial charge < -0.3 is 5.11 Å². The van der Waals surface area contributed by atoms with Crippen molar-refractivity contribution in [3.63, 3.8) is 0 Å². The monoisotopic (exact) mass is 247 g/mol. The zero-order valence-electron chi connectivity index (χ0n) is 11.4. The Hall–Kier alpha value is -2.54. The van der Waals surface area contributed by atoms with Crippen LogP contribution in [0.25, 0.3) is 22.3 Å². The van der Waals surface area contributed by atoms with Crippen LogP contribution in [0.3, 0.4) is 0 Å². The summed E-state index contributed by atoms with van der Waals surface area (Å²) < 4.78 is 7.68. The first kappa shape index (κ1) is 10.4. The van der Waals surface area contributed by atoms with E-state index in [0.29, 0.717) is 5.56 Å². The number of hydrogen-bond donors (Lipinski definition) is 1. The Morgan fingerprint density at radius 2 is 1.37 bits per heavy atom. The second kappa shape index (κ2) is 4.99. The maximum atomic E-state index is 10.0. The normalized spacial score (nSPS) is 11.1. The number of benzene rings is 3. The maximum absolute atomic E-state index is 10.0. The molecule has 1 nitrogen and oxygen atoms in total. The predicted molar refractivity (Wildman–Crippen MR) is 79.0 cm³/mol. The van der Waals surface area contributed by atoms with Gasteiger partial charge in [0.05, 0.1) is 1.37 Å². The van der Waals surface area contributed by atoms with Crippen molar-refractivity contribution in [2.75, 3.05) is 0 Å². The molecule has 0 atom stereocenters. The number of phenolic OH excluding ortho intramolecular Hbond substituents is 1. The van der Waals surface area contributed by atoms with E-state index in [4.69, 9.17) is 1.37 Å². The highest BCUT2D eigenvalue weighted by molar-refractivity contribution is 5.76. The summed E-state index contributed by atoms with van der Waals surface area (Å²) in [5.74, 6) is 0.0257. The molecule has 0 radical (unpaired) electrons. The van der Waals surface area contributed by atoms with Crippen LogP contribution in [0.15, 0.2) is 78.8 Å². The Bertz CT molecular complexity index is 735. The Morgan fingerprint density at radius 1 is 0.684 bits per heavy atom. The molecule has 0 aromatic heterocycles. The topological polar surface area (TPSA) is 20.2 Å². The Labute approximate surface area is 114 Å². The van der Waals surface area contributed by atoms with Gasteiger partial charge in [-0.3, -0.25) is 0 Å². The lowest BCUT2D eigenvalue weighted by atomic mass is 9.99. The van der Waals surface area contributed by atoms with E-state index >= 15 is 0 Å². The summed E-state index contributed by atoms with van der Waals surface area (Å²) in [5.41, 5.74) is 3.84. The molecule has 3 aromatic rings. The minimum atomic E-state index is 0.0257. The van der Waals surface area contributed by atoms with E-state index in [2.05, 4.69) is 12.1 Å². The average Bonchev–Trinajstić information content (AvgIpc) is 2.51. The largest absolute Gasteiger partial charge is 0.507 e. The molecule has 3 rings (SSSR count). The molecule has 0 saturated carbocycles. The predicted octanol–water partition coefficient (Wildman–Crippen LogP) is 4.73. The zero-order valence-corrected chi connectivity index (χ0v) is 10.4. The van der Waals surface area contributed by atoms with E-state index in [1.54, 1.807) is 12.1 Å². The van der Waals surface area contributed by atoms with Crippen molar-refractivity contribution < 1.29 is 6.48 Å². The summed E-state index contributed by atoms with van der Waals surface area (Å²) in [6, 6.07) is 23.4. The van der Waals surface area contributed by atoms with E-state index in [0.717, 1.165) is 16.7 Å². The molecule has 0 aliphatic heterocycles. The van der Waals surface area contributed by atoms with Crippen molar-refractivity contribution in [1.82, 2.24) is 0 Å². The van der Waals surface area contributed by atoms with Crippen LogP contribution in [-0.2, 0) is 0 Å². The first-order valence-electron chi connectivity index (χ1n) is 6.70. The van der Waals surface area contributed by atoms with Crippen molar-refractivity contribution >= 4 is 0 Å². The first-order valence-corrected chi connectivity index (χ1v) is 6.20. The fourth-order valence-electron chi connectivity index (χ4n) is 2.16. The molecular weight excluding hydrogens is 232 g/mol. The highest BCUT2D eigenvalue weighted by Gasteiger charge is 2.04. The third-order valence-electron chi connectivity index (χ3n) is 3.11. The molecule has 0 aliphatic rings. The van der Waals surface area contributed by atoms with Gasteiger partial charge in [0.2, 0.25) is 0 Å². The van der Waals surface area contributed by atoms with Crippen molar-refractivity contribution in [3.8, 4) is 28.0 Å². The van der Waals surface area contributed by atoms with Gasteiger partial charge in [-0.25, -0.2) is 0 Å².